The molecular weight excluding hydrogens is 358 g/mol. The number of ether oxygens (including phenoxy) is 2. The lowest BCUT2D eigenvalue weighted by molar-refractivity contribution is -0.111. The third kappa shape index (κ3) is 5.52. The van der Waals surface area contributed by atoms with Crippen LogP contribution in [0.2, 0.25) is 0 Å². The number of benzene rings is 2. The average molecular weight is 379 g/mol. The van der Waals surface area contributed by atoms with Gasteiger partial charge in [-0.3, -0.25) is 4.79 Å². The van der Waals surface area contributed by atoms with Crippen LogP contribution in [0.5, 0.6) is 11.5 Å². The first-order chi connectivity index (χ1) is 13.6. The van der Waals surface area contributed by atoms with Gasteiger partial charge in [0.1, 0.15) is 6.61 Å². The number of hydrogen-bond donors (Lipinski definition) is 4. The molecule has 0 aromatic heterocycles. The van der Waals surface area contributed by atoms with Crippen LogP contribution in [0.15, 0.2) is 53.6 Å². The molecule has 0 aliphatic heterocycles. The van der Waals surface area contributed by atoms with Crippen molar-refractivity contribution in [2.45, 2.75) is 0 Å². The highest BCUT2D eigenvalue weighted by atomic mass is 16.5. The molecule has 1 amide bonds. The first-order valence-electron chi connectivity index (χ1n) is 8.20. The average Bonchev–Trinajstić information content (AvgIpc) is 2.71. The van der Waals surface area contributed by atoms with Crippen molar-refractivity contribution in [3.63, 3.8) is 0 Å². The van der Waals surface area contributed by atoms with E-state index < -0.39 is 0 Å². The lowest BCUT2D eigenvalue weighted by atomic mass is 10.1. The summed E-state index contributed by atoms with van der Waals surface area (Å²) in [6.45, 7) is 0.138. The zero-order valence-electron chi connectivity index (χ0n) is 15.3. The smallest absolute Gasteiger partial charge is 0.248 e. The van der Waals surface area contributed by atoms with E-state index >= 15 is 0 Å². The van der Waals surface area contributed by atoms with Crippen LogP contribution in [0.25, 0.3) is 6.08 Å². The Bertz CT molecular complexity index is 932. The summed E-state index contributed by atoms with van der Waals surface area (Å²) in [4.78, 5) is 12.3. The van der Waals surface area contributed by atoms with Crippen LogP contribution in [0.3, 0.4) is 0 Å². The van der Waals surface area contributed by atoms with Gasteiger partial charge in [-0.2, -0.15) is 0 Å². The Morgan fingerprint density at radius 2 is 2.07 bits per heavy atom. The molecule has 144 valence electrons. The summed E-state index contributed by atoms with van der Waals surface area (Å²) in [5.41, 5.74) is 9.75. The minimum atomic E-state index is -0.340. The van der Waals surface area contributed by atoms with Gasteiger partial charge in [0.05, 0.1) is 12.8 Å². The molecule has 6 N–H and O–H groups in total. The maximum atomic E-state index is 12.3. The maximum absolute atomic E-state index is 12.3. The number of carbonyl (C=O) groups excluding carboxylic acids is 1. The van der Waals surface area contributed by atoms with Gasteiger partial charge in [-0.1, -0.05) is 24.1 Å². The summed E-state index contributed by atoms with van der Waals surface area (Å²) in [7, 11) is 1.53. The van der Waals surface area contributed by atoms with E-state index in [2.05, 4.69) is 21.9 Å². The Morgan fingerprint density at radius 3 is 2.79 bits per heavy atom. The predicted molar refractivity (Wildman–Crippen MR) is 109 cm³/mol. The molecule has 0 radical (unpaired) electrons. The van der Waals surface area contributed by atoms with Gasteiger partial charge in [0.2, 0.25) is 5.91 Å². The number of nitrogens with two attached hydrogens (primary N) is 2. The predicted octanol–water partition coefficient (Wildman–Crippen LogP) is 1.44. The molecule has 2 aromatic carbocycles. The van der Waals surface area contributed by atoms with Crippen LogP contribution < -0.4 is 31.9 Å². The fraction of sp³-hybridized carbons (Fsp3) is 0.100. The SMILES string of the molecule is C#CCOc1ccc(/C=C/C(=O)Nc2ccccc2/C(N)=N/NN)cc1OC. The van der Waals surface area contributed by atoms with Crippen LogP contribution in [0, 0.1) is 12.3 Å². The zero-order valence-corrected chi connectivity index (χ0v) is 15.3. The highest BCUT2D eigenvalue weighted by Gasteiger charge is 2.08. The van der Waals surface area contributed by atoms with Crippen LogP contribution in [0.4, 0.5) is 5.69 Å². The van der Waals surface area contributed by atoms with Gasteiger partial charge in [0.15, 0.2) is 17.3 Å². The van der Waals surface area contributed by atoms with Crippen LogP contribution in [-0.2, 0) is 4.79 Å². The molecular formula is C20H21N5O3. The summed E-state index contributed by atoms with van der Waals surface area (Å²) < 4.78 is 10.7. The van der Waals surface area contributed by atoms with E-state index in [0.717, 1.165) is 5.56 Å². The molecule has 0 saturated carbocycles. The number of hydrogen-bond acceptors (Lipinski definition) is 6. The Morgan fingerprint density at radius 1 is 1.29 bits per heavy atom. The van der Waals surface area contributed by atoms with Gasteiger partial charge in [-0.05, 0) is 35.9 Å². The molecule has 0 heterocycles. The molecule has 0 saturated heterocycles. The molecule has 8 nitrogen and oxygen atoms in total. The van der Waals surface area contributed by atoms with E-state index in [1.165, 1.54) is 13.2 Å². The van der Waals surface area contributed by atoms with E-state index in [1.807, 2.05) is 0 Å². The number of carbonyl (C=O) groups is 1. The number of para-hydroxylation sites is 1. The number of anilines is 1. The van der Waals surface area contributed by atoms with E-state index in [4.69, 9.17) is 27.5 Å². The van der Waals surface area contributed by atoms with E-state index in [9.17, 15) is 4.79 Å². The molecule has 2 rings (SSSR count). The maximum Gasteiger partial charge on any atom is 0.248 e. The number of hydrazine groups is 1. The van der Waals surface area contributed by atoms with Crippen LogP contribution in [0.1, 0.15) is 11.1 Å². The van der Waals surface area contributed by atoms with Gasteiger partial charge in [0, 0.05) is 11.6 Å². The normalized spacial score (nSPS) is 11.0. The molecule has 0 bridgehead atoms. The van der Waals surface area contributed by atoms with Crippen molar-refractivity contribution in [1.82, 2.24) is 5.53 Å². The molecule has 2 aromatic rings. The first-order valence-corrected chi connectivity index (χ1v) is 8.20. The summed E-state index contributed by atoms with van der Waals surface area (Å²) >= 11 is 0. The van der Waals surface area contributed by atoms with E-state index in [-0.39, 0.29) is 18.3 Å². The molecule has 0 aliphatic rings. The highest BCUT2D eigenvalue weighted by molar-refractivity contribution is 6.08. The van der Waals surface area contributed by atoms with Crippen LogP contribution in [-0.4, -0.2) is 25.5 Å². The van der Waals surface area contributed by atoms with Gasteiger partial charge < -0.3 is 20.5 Å². The van der Waals surface area contributed by atoms with Crippen molar-refractivity contribution in [3.05, 3.63) is 59.7 Å². The highest BCUT2D eigenvalue weighted by Crippen LogP contribution is 2.28. The van der Waals surface area contributed by atoms with Gasteiger partial charge in [0.25, 0.3) is 0 Å². The Hall–Kier alpha value is -3.96. The summed E-state index contributed by atoms with van der Waals surface area (Å²) in [6, 6.07) is 12.2. The number of nitrogens with one attached hydrogen (secondary N) is 2. The fourth-order valence-corrected chi connectivity index (χ4v) is 2.32. The molecule has 0 atom stereocenters. The second-order valence-corrected chi connectivity index (χ2v) is 5.40. The summed E-state index contributed by atoms with van der Waals surface area (Å²) in [5.74, 6) is 8.39. The molecule has 0 aliphatic carbocycles. The Kier molecular flexibility index (Phi) is 7.45. The number of rotatable bonds is 8. The largest absolute Gasteiger partial charge is 0.493 e. The fourth-order valence-electron chi connectivity index (χ4n) is 2.32. The Balaban J connectivity index is 2.13. The van der Waals surface area contributed by atoms with Crippen molar-refractivity contribution in [2.75, 3.05) is 19.0 Å². The Labute approximate surface area is 163 Å². The van der Waals surface area contributed by atoms with E-state index in [1.54, 1.807) is 48.5 Å². The van der Waals surface area contributed by atoms with Gasteiger partial charge in [-0.25, -0.2) is 11.4 Å². The summed E-state index contributed by atoms with van der Waals surface area (Å²) in [5, 5.41) is 6.47. The number of hydrazone groups is 1. The van der Waals surface area contributed by atoms with Gasteiger partial charge in [-0.15, -0.1) is 11.5 Å². The second-order valence-electron chi connectivity index (χ2n) is 5.40. The minimum absolute atomic E-state index is 0.138. The van der Waals surface area contributed by atoms with Crippen molar-refractivity contribution >= 4 is 23.5 Å². The third-order valence-electron chi connectivity index (χ3n) is 3.57. The quantitative estimate of drug-likeness (QED) is 0.137. The first kappa shape index (κ1) is 20.4. The molecule has 28 heavy (non-hydrogen) atoms. The number of amidine groups is 1. The topological polar surface area (TPSA) is 124 Å². The molecule has 0 unspecified atom stereocenters. The number of terminal acetylenes is 1. The number of amides is 1. The van der Waals surface area contributed by atoms with Crippen LogP contribution >= 0.6 is 0 Å². The van der Waals surface area contributed by atoms with E-state index in [0.29, 0.717) is 22.7 Å². The standard InChI is InChI=1S/C20H21N5O3/c1-3-12-28-17-10-8-14(13-18(17)27-2)9-11-19(26)23-16-7-5-4-6-15(16)20(21)24-25-22/h1,4-11,13,25H,12,22H2,2H3,(H2,21,24)(H,23,26)/b11-9+. The zero-order chi connectivity index (χ0) is 20.4. The lowest BCUT2D eigenvalue weighted by Crippen LogP contribution is -2.24. The number of nitrogens with zero attached hydrogens (tertiary/aromatic N) is 1. The molecule has 0 spiro atoms. The molecule has 0 fully saturated rings. The number of methoxy groups -OCH3 is 1. The summed E-state index contributed by atoms with van der Waals surface area (Å²) in [6.07, 6.45) is 8.23. The molecule has 8 heteroatoms. The van der Waals surface area contributed by atoms with Crippen molar-refractivity contribution < 1.29 is 14.3 Å². The van der Waals surface area contributed by atoms with Crippen molar-refractivity contribution in [3.8, 4) is 23.8 Å². The monoisotopic (exact) mass is 379 g/mol. The minimum Gasteiger partial charge on any atom is -0.493 e. The van der Waals surface area contributed by atoms with Crippen molar-refractivity contribution in [1.29, 1.82) is 0 Å². The second kappa shape index (κ2) is 10.3. The third-order valence-corrected chi connectivity index (χ3v) is 3.57. The van der Waals surface area contributed by atoms with Gasteiger partial charge >= 0.3 is 0 Å². The van der Waals surface area contributed by atoms with Crippen molar-refractivity contribution in [2.24, 2.45) is 16.7 Å². The lowest BCUT2D eigenvalue weighted by Gasteiger charge is -2.10.